The number of aromatic nitrogens is 2. The summed E-state index contributed by atoms with van der Waals surface area (Å²) in [5, 5.41) is 6.71. The predicted octanol–water partition coefficient (Wildman–Crippen LogP) is 2.61. The van der Waals surface area contributed by atoms with Crippen LogP contribution in [0.3, 0.4) is 0 Å². The standard InChI is InChI=1S/C19H19N3O4/c1-24-15-8-6-13(7-9-15)10-17(23)20-12-18-21-19(22-26-18)14-4-3-5-16(11-14)25-2/h3-9,11H,10,12H2,1-2H3,(H,20,23). The van der Waals surface area contributed by atoms with Gasteiger partial charge < -0.3 is 19.3 Å². The van der Waals surface area contributed by atoms with E-state index in [0.717, 1.165) is 16.9 Å². The van der Waals surface area contributed by atoms with Gasteiger partial charge in [-0.25, -0.2) is 0 Å². The Balaban J connectivity index is 1.56. The summed E-state index contributed by atoms with van der Waals surface area (Å²) in [6.45, 7) is 0.173. The van der Waals surface area contributed by atoms with Crippen LogP contribution in [-0.4, -0.2) is 30.3 Å². The molecular weight excluding hydrogens is 334 g/mol. The highest BCUT2D eigenvalue weighted by Crippen LogP contribution is 2.21. The van der Waals surface area contributed by atoms with Gasteiger partial charge in [0.05, 0.1) is 27.2 Å². The van der Waals surface area contributed by atoms with Gasteiger partial charge in [0.25, 0.3) is 0 Å². The van der Waals surface area contributed by atoms with E-state index in [-0.39, 0.29) is 18.9 Å². The van der Waals surface area contributed by atoms with E-state index in [9.17, 15) is 4.79 Å². The second-order valence-corrected chi connectivity index (χ2v) is 5.55. The molecule has 3 aromatic rings. The number of amides is 1. The lowest BCUT2D eigenvalue weighted by Crippen LogP contribution is -2.24. The molecule has 2 aromatic carbocycles. The molecule has 0 aliphatic carbocycles. The number of carbonyl (C=O) groups excluding carboxylic acids is 1. The number of nitrogens with one attached hydrogen (secondary N) is 1. The molecule has 26 heavy (non-hydrogen) atoms. The van der Waals surface area contributed by atoms with Crippen molar-refractivity contribution in [2.75, 3.05) is 14.2 Å². The number of methoxy groups -OCH3 is 2. The highest BCUT2D eigenvalue weighted by molar-refractivity contribution is 5.78. The van der Waals surface area contributed by atoms with E-state index < -0.39 is 0 Å². The maximum absolute atomic E-state index is 12.1. The Morgan fingerprint density at radius 1 is 1.08 bits per heavy atom. The first-order chi connectivity index (χ1) is 12.7. The molecule has 7 nitrogen and oxygen atoms in total. The molecule has 0 aliphatic rings. The van der Waals surface area contributed by atoms with Gasteiger partial charge in [-0.15, -0.1) is 0 Å². The molecule has 1 amide bonds. The molecule has 0 bridgehead atoms. The summed E-state index contributed by atoms with van der Waals surface area (Å²) in [6, 6.07) is 14.7. The highest BCUT2D eigenvalue weighted by Gasteiger charge is 2.11. The summed E-state index contributed by atoms with van der Waals surface area (Å²) in [7, 11) is 3.20. The molecule has 0 fully saturated rings. The average Bonchev–Trinajstić information content (AvgIpc) is 3.16. The van der Waals surface area contributed by atoms with E-state index in [1.165, 1.54) is 0 Å². The van der Waals surface area contributed by atoms with Crippen molar-refractivity contribution in [3.05, 3.63) is 60.0 Å². The largest absolute Gasteiger partial charge is 0.497 e. The van der Waals surface area contributed by atoms with Crippen molar-refractivity contribution in [3.63, 3.8) is 0 Å². The van der Waals surface area contributed by atoms with Gasteiger partial charge in [-0.1, -0.05) is 29.4 Å². The lowest BCUT2D eigenvalue weighted by molar-refractivity contribution is -0.120. The van der Waals surface area contributed by atoms with Crippen molar-refractivity contribution in [1.82, 2.24) is 15.5 Å². The first-order valence-corrected chi connectivity index (χ1v) is 8.04. The van der Waals surface area contributed by atoms with Crippen molar-refractivity contribution in [3.8, 4) is 22.9 Å². The van der Waals surface area contributed by atoms with Gasteiger partial charge in [0.15, 0.2) is 0 Å². The molecule has 1 N–H and O–H groups in total. The van der Waals surface area contributed by atoms with Crippen molar-refractivity contribution in [2.24, 2.45) is 0 Å². The number of rotatable bonds is 7. The molecule has 0 saturated heterocycles. The van der Waals surface area contributed by atoms with Crippen LogP contribution in [0, 0.1) is 0 Å². The topological polar surface area (TPSA) is 86.5 Å². The zero-order chi connectivity index (χ0) is 18.4. The number of hydrogen-bond acceptors (Lipinski definition) is 6. The van der Waals surface area contributed by atoms with Crippen LogP contribution >= 0.6 is 0 Å². The summed E-state index contributed by atoms with van der Waals surface area (Å²) in [5.41, 5.74) is 1.68. The second-order valence-electron chi connectivity index (χ2n) is 5.55. The van der Waals surface area contributed by atoms with Gasteiger partial charge in [0.1, 0.15) is 11.5 Å². The fourth-order valence-electron chi connectivity index (χ4n) is 2.37. The van der Waals surface area contributed by atoms with E-state index in [1.54, 1.807) is 14.2 Å². The maximum atomic E-state index is 12.1. The molecule has 0 unspecified atom stereocenters. The number of nitrogens with zero attached hydrogens (tertiary/aromatic N) is 2. The van der Waals surface area contributed by atoms with Crippen LogP contribution in [0.4, 0.5) is 0 Å². The van der Waals surface area contributed by atoms with Crippen LogP contribution in [0.5, 0.6) is 11.5 Å². The monoisotopic (exact) mass is 353 g/mol. The average molecular weight is 353 g/mol. The van der Waals surface area contributed by atoms with E-state index in [1.807, 2.05) is 48.5 Å². The minimum atomic E-state index is -0.128. The van der Waals surface area contributed by atoms with Crippen molar-refractivity contribution in [1.29, 1.82) is 0 Å². The lowest BCUT2D eigenvalue weighted by atomic mass is 10.1. The number of carbonyl (C=O) groups is 1. The van der Waals surface area contributed by atoms with Gasteiger partial charge in [-0.3, -0.25) is 4.79 Å². The van der Waals surface area contributed by atoms with E-state index in [4.69, 9.17) is 14.0 Å². The zero-order valence-corrected chi connectivity index (χ0v) is 14.6. The highest BCUT2D eigenvalue weighted by atomic mass is 16.5. The third-order valence-corrected chi connectivity index (χ3v) is 3.76. The molecule has 0 radical (unpaired) electrons. The number of benzene rings is 2. The van der Waals surface area contributed by atoms with Gasteiger partial charge in [-0.05, 0) is 29.8 Å². The van der Waals surface area contributed by atoms with Gasteiger partial charge >= 0.3 is 0 Å². The smallest absolute Gasteiger partial charge is 0.246 e. The van der Waals surface area contributed by atoms with Gasteiger partial charge in [0.2, 0.25) is 17.6 Å². The summed E-state index contributed by atoms with van der Waals surface area (Å²) in [4.78, 5) is 16.3. The van der Waals surface area contributed by atoms with Crippen molar-refractivity contribution in [2.45, 2.75) is 13.0 Å². The lowest BCUT2D eigenvalue weighted by Gasteiger charge is -2.04. The molecular formula is C19H19N3O4. The summed E-state index contributed by atoms with van der Waals surface area (Å²) in [6.07, 6.45) is 0.265. The van der Waals surface area contributed by atoms with Crippen LogP contribution in [0.15, 0.2) is 53.1 Å². The minimum Gasteiger partial charge on any atom is -0.497 e. The number of ether oxygens (including phenoxy) is 2. The van der Waals surface area contributed by atoms with Crippen LogP contribution in [0.25, 0.3) is 11.4 Å². The molecule has 0 aliphatic heterocycles. The minimum absolute atomic E-state index is 0.128. The van der Waals surface area contributed by atoms with E-state index in [2.05, 4.69) is 15.5 Å². The SMILES string of the molecule is COc1ccc(CC(=O)NCc2nc(-c3cccc(OC)c3)no2)cc1. The number of hydrogen-bond donors (Lipinski definition) is 1. The Morgan fingerprint density at radius 2 is 1.85 bits per heavy atom. The Hall–Kier alpha value is -3.35. The molecule has 1 heterocycles. The van der Waals surface area contributed by atoms with E-state index in [0.29, 0.717) is 17.5 Å². The summed E-state index contributed by atoms with van der Waals surface area (Å²) >= 11 is 0. The molecule has 0 saturated carbocycles. The Bertz CT molecular complexity index is 875. The first-order valence-electron chi connectivity index (χ1n) is 8.04. The normalized spacial score (nSPS) is 10.4. The molecule has 3 rings (SSSR count). The summed E-state index contributed by atoms with van der Waals surface area (Å²) < 4.78 is 15.5. The zero-order valence-electron chi connectivity index (χ0n) is 14.6. The van der Waals surface area contributed by atoms with Crippen LogP contribution in [-0.2, 0) is 17.8 Å². The molecule has 1 aromatic heterocycles. The van der Waals surface area contributed by atoms with Crippen molar-refractivity contribution >= 4 is 5.91 Å². The van der Waals surface area contributed by atoms with Crippen molar-refractivity contribution < 1.29 is 18.8 Å². The quantitative estimate of drug-likeness (QED) is 0.703. The molecule has 0 atom stereocenters. The van der Waals surface area contributed by atoms with Gasteiger partial charge in [0, 0.05) is 5.56 Å². The molecule has 134 valence electrons. The van der Waals surface area contributed by atoms with E-state index >= 15 is 0 Å². The first kappa shape index (κ1) is 17.5. The fourth-order valence-corrected chi connectivity index (χ4v) is 2.37. The summed E-state index contributed by atoms with van der Waals surface area (Å²) in [5.74, 6) is 2.12. The molecule has 7 heteroatoms. The van der Waals surface area contributed by atoms with Crippen LogP contribution in [0.1, 0.15) is 11.5 Å². The Morgan fingerprint density at radius 3 is 2.58 bits per heavy atom. The second kappa shape index (κ2) is 8.15. The maximum Gasteiger partial charge on any atom is 0.246 e. The fraction of sp³-hybridized carbons (Fsp3) is 0.211. The third kappa shape index (κ3) is 4.38. The Kier molecular flexibility index (Phi) is 5.48. The van der Waals surface area contributed by atoms with Gasteiger partial charge in [-0.2, -0.15) is 4.98 Å². The Labute approximate surface area is 150 Å². The molecule has 0 spiro atoms. The third-order valence-electron chi connectivity index (χ3n) is 3.76. The van der Waals surface area contributed by atoms with Crippen LogP contribution < -0.4 is 14.8 Å². The predicted molar refractivity (Wildman–Crippen MR) is 94.8 cm³/mol. The van der Waals surface area contributed by atoms with Crippen LogP contribution in [0.2, 0.25) is 0 Å².